The Labute approximate surface area is 125 Å². The standard InChI is InChI=1S/C14H14N4O2S/c19-13-11(5-7-20-13)21-14-17-16-12(18(14)10-3-4-10)9-2-1-6-15-8-9/h1-2,6,8,10-11H,3-5,7H2. The number of pyridine rings is 1. The molecule has 0 spiro atoms. The van der Waals surface area contributed by atoms with Gasteiger partial charge in [-0.2, -0.15) is 0 Å². The number of thioether (sulfide) groups is 1. The maximum atomic E-state index is 11.6. The van der Waals surface area contributed by atoms with E-state index in [2.05, 4.69) is 19.7 Å². The molecule has 1 saturated carbocycles. The van der Waals surface area contributed by atoms with Gasteiger partial charge in [0.1, 0.15) is 5.25 Å². The smallest absolute Gasteiger partial charge is 0.319 e. The Kier molecular flexibility index (Phi) is 3.14. The molecule has 2 fully saturated rings. The molecule has 1 aliphatic carbocycles. The number of esters is 1. The molecular formula is C14H14N4O2S. The van der Waals surface area contributed by atoms with Crippen molar-refractivity contribution in [2.75, 3.05) is 6.61 Å². The highest BCUT2D eigenvalue weighted by molar-refractivity contribution is 8.00. The lowest BCUT2D eigenvalue weighted by Gasteiger charge is -2.09. The number of cyclic esters (lactones) is 1. The molecule has 6 nitrogen and oxygen atoms in total. The van der Waals surface area contributed by atoms with Crippen LogP contribution in [0.2, 0.25) is 0 Å². The van der Waals surface area contributed by atoms with E-state index in [1.165, 1.54) is 11.8 Å². The van der Waals surface area contributed by atoms with E-state index >= 15 is 0 Å². The van der Waals surface area contributed by atoms with Crippen LogP contribution >= 0.6 is 11.8 Å². The second kappa shape index (κ2) is 5.14. The third-order valence-corrected chi connectivity index (χ3v) is 4.83. The molecule has 0 aromatic carbocycles. The summed E-state index contributed by atoms with van der Waals surface area (Å²) in [5, 5.41) is 9.25. The van der Waals surface area contributed by atoms with Crippen molar-refractivity contribution in [2.24, 2.45) is 0 Å². The van der Waals surface area contributed by atoms with E-state index in [1.54, 1.807) is 12.4 Å². The van der Waals surface area contributed by atoms with Crippen LogP contribution in [0.1, 0.15) is 25.3 Å². The minimum atomic E-state index is -0.159. The van der Waals surface area contributed by atoms with Crippen molar-refractivity contribution >= 4 is 17.7 Å². The molecule has 1 aliphatic heterocycles. The Morgan fingerprint density at radius 1 is 1.29 bits per heavy atom. The van der Waals surface area contributed by atoms with Crippen LogP contribution in [0.4, 0.5) is 0 Å². The highest BCUT2D eigenvalue weighted by Crippen LogP contribution is 2.42. The van der Waals surface area contributed by atoms with E-state index < -0.39 is 0 Å². The van der Waals surface area contributed by atoms with Crippen molar-refractivity contribution in [3.8, 4) is 11.4 Å². The summed E-state index contributed by atoms with van der Waals surface area (Å²) in [6.45, 7) is 0.504. The number of ether oxygens (including phenoxy) is 1. The van der Waals surface area contributed by atoms with Crippen LogP contribution in [-0.2, 0) is 9.53 Å². The van der Waals surface area contributed by atoms with Crippen LogP contribution in [-0.4, -0.2) is 37.6 Å². The highest BCUT2D eigenvalue weighted by atomic mass is 32.2. The summed E-state index contributed by atoms with van der Waals surface area (Å²) < 4.78 is 7.16. The van der Waals surface area contributed by atoms with Gasteiger partial charge in [-0.3, -0.25) is 14.3 Å². The van der Waals surface area contributed by atoms with Gasteiger partial charge in [0, 0.05) is 30.4 Å². The predicted molar refractivity (Wildman–Crippen MR) is 76.7 cm³/mol. The van der Waals surface area contributed by atoms with Crippen molar-refractivity contribution < 1.29 is 9.53 Å². The van der Waals surface area contributed by atoms with Gasteiger partial charge in [-0.1, -0.05) is 11.8 Å². The average molecular weight is 302 g/mol. The number of hydrogen-bond acceptors (Lipinski definition) is 6. The fourth-order valence-corrected chi connectivity index (χ4v) is 3.49. The zero-order valence-electron chi connectivity index (χ0n) is 11.3. The van der Waals surface area contributed by atoms with Gasteiger partial charge in [-0.15, -0.1) is 10.2 Å². The lowest BCUT2D eigenvalue weighted by atomic mass is 10.3. The second-order valence-corrected chi connectivity index (χ2v) is 6.38. The second-order valence-electron chi connectivity index (χ2n) is 5.21. The molecular weight excluding hydrogens is 288 g/mol. The van der Waals surface area contributed by atoms with Crippen LogP contribution in [0.5, 0.6) is 0 Å². The highest BCUT2D eigenvalue weighted by Gasteiger charge is 2.34. The molecule has 1 saturated heterocycles. The maximum Gasteiger partial charge on any atom is 0.319 e. The third-order valence-electron chi connectivity index (χ3n) is 3.63. The number of carbonyl (C=O) groups is 1. The first-order chi connectivity index (χ1) is 10.3. The van der Waals surface area contributed by atoms with Crippen LogP contribution in [0, 0.1) is 0 Å². The van der Waals surface area contributed by atoms with Crippen molar-refractivity contribution in [2.45, 2.75) is 35.7 Å². The first-order valence-electron chi connectivity index (χ1n) is 7.01. The van der Waals surface area contributed by atoms with E-state index in [0.29, 0.717) is 12.6 Å². The average Bonchev–Trinajstić information content (AvgIpc) is 3.15. The molecule has 3 heterocycles. The molecule has 2 aliphatic rings. The quantitative estimate of drug-likeness (QED) is 0.805. The van der Waals surface area contributed by atoms with Gasteiger partial charge in [0.25, 0.3) is 0 Å². The summed E-state index contributed by atoms with van der Waals surface area (Å²) in [5.74, 6) is 0.688. The number of aromatic nitrogens is 4. The predicted octanol–water partition coefficient (Wildman–Crippen LogP) is 2.08. The summed E-state index contributed by atoms with van der Waals surface area (Å²) in [6.07, 6.45) is 6.54. The SMILES string of the molecule is O=C1OCCC1Sc1nnc(-c2cccnc2)n1C1CC1. The van der Waals surface area contributed by atoms with Gasteiger partial charge >= 0.3 is 5.97 Å². The molecule has 21 heavy (non-hydrogen) atoms. The van der Waals surface area contributed by atoms with Crippen molar-refractivity contribution in [3.63, 3.8) is 0 Å². The van der Waals surface area contributed by atoms with E-state index in [1.807, 2.05) is 12.1 Å². The summed E-state index contributed by atoms with van der Waals surface area (Å²) in [7, 11) is 0. The van der Waals surface area contributed by atoms with Gasteiger partial charge in [0.2, 0.25) is 0 Å². The van der Waals surface area contributed by atoms with E-state index in [4.69, 9.17) is 4.74 Å². The Hall–Kier alpha value is -1.89. The molecule has 0 N–H and O–H groups in total. The summed E-state index contributed by atoms with van der Waals surface area (Å²) in [4.78, 5) is 15.8. The minimum Gasteiger partial charge on any atom is -0.465 e. The molecule has 1 atom stereocenters. The van der Waals surface area contributed by atoms with Gasteiger partial charge in [0.15, 0.2) is 11.0 Å². The van der Waals surface area contributed by atoms with Gasteiger partial charge in [0.05, 0.1) is 6.61 Å². The Morgan fingerprint density at radius 3 is 2.86 bits per heavy atom. The summed E-state index contributed by atoms with van der Waals surface area (Å²) in [5.41, 5.74) is 0.956. The normalized spacial score (nSPS) is 21.5. The minimum absolute atomic E-state index is 0.145. The zero-order valence-corrected chi connectivity index (χ0v) is 12.1. The third kappa shape index (κ3) is 2.42. The number of hydrogen-bond donors (Lipinski definition) is 0. The molecule has 2 aromatic heterocycles. The molecule has 0 radical (unpaired) electrons. The molecule has 0 bridgehead atoms. The molecule has 0 amide bonds. The fourth-order valence-electron chi connectivity index (χ4n) is 2.42. The number of rotatable bonds is 4. The van der Waals surface area contributed by atoms with Crippen molar-refractivity contribution in [1.82, 2.24) is 19.7 Å². The Bertz CT molecular complexity index is 669. The summed E-state index contributed by atoms with van der Waals surface area (Å²) >= 11 is 1.46. The fraction of sp³-hybridized carbons (Fsp3) is 0.429. The lowest BCUT2D eigenvalue weighted by molar-refractivity contribution is -0.137. The molecule has 7 heteroatoms. The topological polar surface area (TPSA) is 69.9 Å². The van der Waals surface area contributed by atoms with Gasteiger partial charge in [-0.05, 0) is 25.0 Å². The van der Waals surface area contributed by atoms with Crippen LogP contribution < -0.4 is 0 Å². The Balaban J connectivity index is 1.68. The zero-order chi connectivity index (χ0) is 14.2. The summed E-state index contributed by atoms with van der Waals surface area (Å²) in [6, 6.07) is 4.31. The van der Waals surface area contributed by atoms with E-state index in [0.717, 1.165) is 35.8 Å². The number of nitrogens with zero attached hydrogens (tertiary/aromatic N) is 4. The molecule has 4 rings (SSSR count). The van der Waals surface area contributed by atoms with Crippen molar-refractivity contribution in [3.05, 3.63) is 24.5 Å². The van der Waals surface area contributed by atoms with E-state index in [-0.39, 0.29) is 11.2 Å². The number of carbonyl (C=O) groups excluding carboxylic acids is 1. The van der Waals surface area contributed by atoms with Gasteiger partial charge < -0.3 is 4.74 Å². The maximum absolute atomic E-state index is 11.6. The molecule has 1 unspecified atom stereocenters. The van der Waals surface area contributed by atoms with E-state index in [9.17, 15) is 4.79 Å². The molecule has 2 aromatic rings. The van der Waals surface area contributed by atoms with Gasteiger partial charge in [-0.25, -0.2) is 0 Å². The monoisotopic (exact) mass is 302 g/mol. The Morgan fingerprint density at radius 2 is 2.19 bits per heavy atom. The first-order valence-corrected chi connectivity index (χ1v) is 7.89. The largest absolute Gasteiger partial charge is 0.465 e. The lowest BCUT2D eigenvalue weighted by Crippen LogP contribution is -2.11. The molecule has 108 valence electrons. The van der Waals surface area contributed by atoms with Crippen LogP contribution in [0.25, 0.3) is 11.4 Å². The van der Waals surface area contributed by atoms with Crippen LogP contribution in [0.15, 0.2) is 29.7 Å². The van der Waals surface area contributed by atoms with Crippen molar-refractivity contribution in [1.29, 1.82) is 0 Å². The first kappa shape index (κ1) is 12.8. The van der Waals surface area contributed by atoms with Crippen LogP contribution in [0.3, 0.4) is 0 Å².